The van der Waals surface area contributed by atoms with Crippen LogP contribution in [0.2, 0.25) is 0 Å². The average Bonchev–Trinajstić information content (AvgIpc) is 3.91. The van der Waals surface area contributed by atoms with E-state index in [0.717, 1.165) is 11.4 Å². The summed E-state index contributed by atoms with van der Waals surface area (Å²) < 4.78 is 0. The summed E-state index contributed by atoms with van der Waals surface area (Å²) in [6.45, 7) is 9.66. The Morgan fingerprint density at radius 3 is 1.34 bits per heavy atom. The predicted molar refractivity (Wildman–Crippen MR) is 284 cm³/mol. The molecule has 10 aromatic rings. The van der Waals surface area contributed by atoms with E-state index in [0.29, 0.717) is 0 Å². The highest BCUT2D eigenvalue weighted by Gasteiger charge is 2.51. The van der Waals surface area contributed by atoms with Gasteiger partial charge in [-0.3, -0.25) is 0 Å². The van der Waals surface area contributed by atoms with Gasteiger partial charge in [0.05, 0.1) is 11.1 Å². The molecule has 0 N–H and O–H groups in total. The monoisotopic (exact) mass is 869 g/mol. The molecule has 0 aliphatic heterocycles. The molecule has 0 amide bonds. The van der Waals surface area contributed by atoms with Crippen molar-refractivity contribution in [1.29, 1.82) is 0 Å². The van der Waals surface area contributed by atoms with E-state index in [-0.39, 0.29) is 10.8 Å². The van der Waals surface area contributed by atoms with Gasteiger partial charge in [-0.25, -0.2) is 0 Å². The maximum atomic E-state index is 2.63. The summed E-state index contributed by atoms with van der Waals surface area (Å²) in [6, 6.07) is 88.9. The molecule has 324 valence electrons. The highest BCUT2D eigenvalue weighted by Crippen LogP contribution is 2.66. The van der Waals surface area contributed by atoms with Gasteiger partial charge in [0.1, 0.15) is 0 Å². The Morgan fingerprint density at radius 2 is 0.706 bits per heavy atom. The van der Waals surface area contributed by atoms with E-state index in [1.54, 1.807) is 0 Å². The molecule has 0 heterocycles. The van der Waals surface area contributed by atoms with Crippen LogP contribution in [0.3, 0.4) is 0 Å². The van der Waals surface area contributed by atoms with Crippen LogP contribution in [0.5, 0.6) is 0 Å². The number of rotatable bonds is 7. The summed E-state index contributed by atoms with van der Waals surface area (Å²) >= 11 is 0. The van der Waals surface area contributed by atoms with Crippen LogP contribution in [0.4, 0.5) is 17.1 Å². The van der Waals surface area contributed by atoms with Gasteiger partial charge in [0.2, 0.25) is 0 Å². The Bertz CT molecular complexity index is 3540. The summed E-state index contributed by atoms with van der Waals surface area (Å²) in [7, 11) is 0. The van der Waals surface area contributed by atoms with Gasteiger partial charge in [-0.15, -0.1) is 0 Å². The van der Waals surface area contributed by atoms with Crippen LogP contribution in [0, 0.1) is 0 Å². The Kier molecular flexibility index (Phi) is 8.89. The molecule has 0 atom stereocenters. The van der Waals surface area contributed by atoms with E-state index in [9.17, 15) is 0 Å². The second-order valence-corrected chi connectivity index (χ2v) is 20.0. The van der Waals surface area contributed by atoms with Crippen molar-refractivity contribution in [2.75, 3.05) is 4.90 Å². The van der Waals surface area contributed by atoms with E-state index < -0.39 is 5.41 Å². The molecule has 13 rings (SSSR count). The van der Waals surface area contributed by atoms with Crippen LogP contribution in [0.15, 0.2) is 237 Å². The molecule has 3 aliphatic carbocycles. The molecule has 0 spiro atoms. The van der Waals surface area contributed by atoms with Crippen molar-refractivity contribution in [3.63, 3.8) is 0 Å². The van der Waals surface area contributed by atoms with E-state index in [1.165, 1.54) is 106 Å². The topological polar surface area (TPSA) is 3.24 Å². The number of nitrogens with zero attached hydrogens (tertiary/aromatic N) is 1. The first-order chi connectivity index (χ1) is 33.3. The van der Waals surface area contributed by atoms with Gasteiger partial charge < -0.3 is 4.90 Å². The Labute approximate surface area is 400 Å². The molecule has 1 nitrogen and oxygen atoms in total. The van der Waals surface area contributed by atoms with Gasteiger partial charge >= 0.3 is 0 Å². The Morgan fingerprint density at radius 1 is 0.279 bits per heavy atom. The zero-order valence-corrected chi connectivity index (χ0v) is 39.0. The summed E-state index contributed by atoms with van der Waals surface area (Å²) in [4.78, 5) is 2.63. The lowest BCUT2D eigenvalue weighted by Crippen LogP contribution is -2.29. The van der Waals surface area contributed by atoms with Gasteiger partial charge in [-0.1, -0.05) is 234 Å². The second kappa shape index (κ2) is 15.0. The first-order valence-electron chi connectivity index (χ1n) is 24.1. The molecule has 3 aliphatic rings. The summed E-state index contributed by atoms with van der Waals surface area (Å²) in [5, 5.41) is 0. The molecule has 1 heteroatoms. The Hall–Kier alpha value is -8.00. The lowest BCUT2D eigenvalue weighted by molar-refractivity contribution is 0.656. The summed E-state index contributed by atoms with van der Waals surface area (Å²) in [5.74, 6) is 0. The zero-order chi connectivity index (χ0) is 45.8. The van der Waals surface area contributed by atoms with Crippen molar-refractivity contribution < 1.29 is 0 Å². The minimum absolute atomic E-state index is 0.184. The first kappa shape index (κ1) is 40.3. The largest absolute Gasteiger partial charge is 0.309 e. The van der Waals surface area contributed by atoms with Crippen LogP contribution < -0.4 is 4.90 Å². The van der Waals surface area contributed by atoms with Crippen molar-refractivity contribution in [2.45, 2.75) is 43.9 Å². The number of hydrogen-bond donors (Lipinski definition) is 0. The summed E-state index contributed by atoms with van der Waals surface area (Å²) in [6.07, 6.45) is 0. The molecule has 10 aromatic carbocycles. The van der Waals surface area contributed by atoms with Crippen molar-refractivity contribution in [3.8, 4) is 55.6 Å². The van der Waals surface area contributed by atoms with Crippen molar-refractivity contribution >= 4 is 17.1 Å². The molecule has 0 aromatic heterocycles. The van der Waals surface area contributed by atoms with Gasteiger partial charge in [0.15, 0.2) is 0 Å². The van der Waals surface area contributed by atoms with Crippen LogP contribution >= 0.6 is 0 Å². The fourth-order valence-electron chi connectivity index (χ4n) is 12.5. The lowest BCUT2D eigenvalue weighted by Gasteiger charge is -2.36. The van der Waals surface area contributed by atoms with Crippen molar-refractivity contribution in [3.05, 3.63) is 281 Å². The third-order valence-electron chi connectivity index (χ3n) is 15.7. The number of anilines is 3. The van der Waals surface area contributed by atoms with Crippen LogP contribution in [-0.2, 0) is 16.2 Å². The van der Waals surface area contributed by atoms with Crippen molar-refractivity contribution in [2.24, 2.45) is 0 Å². The molecule has 0 fully saturated rings. The second-order valence-electron chi connectivity index (χ2n) is 20.0. The lowest BCUT2D eigenvalue weighted by atomic mass is 9.66. The third-order valence-corrected chi connectivity index (χ3v) is 15.7. The van der Waals surface area contributed by atoms with E-state index in [4.69, 9.17) is 0 Å². The van der Waals surface area contributed by atoms with Gasteiger partial charge in [0.25, 0.3) is 0 Å². The molecule has 0 saturated carbocycles. The number of fused-ring (bicyclic) bond motifs is 9. The van der Waals surface area contributed by atoms with Gasteiger partial charge in [-0.05, 0) is 119 Å². The zero-order valence-electron chi connectivity index (χ0n) is 39.0. The van der Waals surface area contributed by atoms with E-state index in [1.807, 2.05) is 0 Å². The average molecular weight is 870 g/mol. The highest BCUT2D eigenvalue weighted by molar-refractivity contribution is 6.07. The van der Waals surface area contributed by atoms with Gasteiger partial charge in [0, 0.05) is 33.3 Å². The molecule has 0 unspecified atom stereocenters. The minimum Gasteiger partial charge on any atom is -0.309 e. The third kappa shape index (κ3) is 5.69. The summed E-state index contributed by atoms with van der Waals surface area (Å²) in [5.41, 5.74) is 25.5. The molecule has 0 saturated heterocycles. The molecular weight excluding hydrogens is 819 g/mol. The van der Waals surface area contributed by atoms with Crippen LogP contribution in [-0.4, -0.2) is 0 Å². The Balaban J connectivity index is 1.20. The minimum atomic E-state index is -0.642. The van der Waals surface area contributed by atoms with Crippen molar-refractivity contribution in [1.82, 2.24) is 0 Å². The normalized spacial score (nSPS) is 14.8. The SMILES string of the molecule is CC1(C)c2ccccc2-c2ccc(N(c3ccc(-c4ccccc4)cc3)c3c4c(cc5c3-c3ccc(-c6ccccc6)cc3C5(c3ccccc3)c3ccccc3)C(C)(C)c3ccccc3-4)cc21. The standard InChI is InChI=1S/C67H51N/c1-65(2)56-31-19-17-29-52(56)53-40-38-51(42-58(53)65)68(50-36-33-46(34-37-50)44-21-9-5-10-22-44)64-62-54-30-18-20-32-57(54)66(3,4)60(62)43-61-63(64)55-39-35-47(45-23-11-6-12-24-45)41-59(55)67(61,48-25-13-7-14-26-48)49-27-15-8-16-28-49/h5-43H,1-4H3. The maximum Gasteiger partial charge on any atom is 0.0714 e. The molecular formula is C67H51N. The molecule has 0 bridgehead atoms. The van der Waals surface area contributed by atoms with E-state index >= 15 is 0 Å². The molecule has 0 radical (unpaired) electrons. The number of benzene rings is 10. The van der Waals surface area contributed by atoms with Crippen LogP contribution in [0.1, 0.15) is 72.2 Å². The van der Waals surface area contributed by atoms with Gasteiger partial charge in [-0.2, -0.15) is 0 Å². The predicted octanol–water partition coefficient (Wildman–Crippen LogP) is 17.5. The number of hydrogen-bond acceptors (Lipinski definition) is 1. The highest BCUT2D eigenvalue weighted by atomic mass is 15.1. The molecule has 68 heavy (non-hydrogen) atoms. The van der Waals surface area contributed by atoms with E-state index in [2.05, 4.69) is 269 Å². The quantitative estimate of drug-likeness (QED) is 0.154. The fraction of sp³-hybridized carbons (Fsp3) is 0.104. The fourth-order valence-corrected chi connectivity index (χ4v) is 12.5. The maximum absolute atomic E-state index is 2.63. The smallest absolute Gasteiger partial charge is 0.0714 e. The van der Waals surface area contributed by atoms with Crippen LogP contribution in [0.25, 0.3) is 55.6 Å². The first-order valence-corrected chi connectivity index (χ1v) is 24.1.